The van der Waals surface area contributed by atoms with Crippen LogP contribution >= 0.6 is 15.9 Å². The Balaban J connectivity index is 2.70. The minimum atomic E-state index is 1.10. The van der Waals surface area contributed by atoms with Gasteiger partial charge in [-0.15, -0.1) is 0 Å². The predicted molar refractivity (Wildman–Crippen MR) is 56.2 cm³/mol. The van der Waals surface area contributed by atoms with Gasteiger partial charge in [-0.3, -0.25) is 0 Å². The minimum Gasteiger partial charge on any atom is -0.0765 e. The maximum Gasteiger partial charge on any atom is 0.0282 e. The topological polar surface area (TPSA) is 0 Å². The fourth-order valence-electron chi connectivity index (χ4n) is 1.68. The molecule has 0 aromatic heterocycles. The molecule has 0 saturated heterocycles. The molecule has 0 N–H and O–H groups in total. The van der Waals surface area contributed by atoms with Crippen molar-refractivity contribution in [3.63, 3.8) is 0 Å². The van der Waals surface area contributed by atoms with Crippen molar-refractivity contribution < 1.29 is 0 Å². The van der Waals surface area contributed by atoms with E-state index < -0.39 is 0 Å². The number of aryl methyl sites for hydroxylation is 1. The molecule has 1 aliphatic carbocycles. The van der Waals surface area contributed by atoms with E-state index in [-0.39, 0.29) is 0 Å². The van der Waals surface area contributed by atoms with Crippen molar-refractivity contribution in [1.82, 2.24) is 0 Å². The lowest BCUT2D eigenvalue weighted by atomic mass is 10.0. The van der Waals surface area contributed by atoms with Gasteiger partial charge in [0.25, 0.3) is 0 Å². The van der Waals surface area contributed by atoms with Gasteiger partial charge in [0.2, 0.25) is 0 Å². The van der Waals surface area contributed by atoms with Gasteiger partial charge < -0.3 is 0 Å². The van der Waals surface area contributed by atoms with Crippen molar-refractivity contribution in [2.45, 2.75) is 20.3 Å². The summed E-state index contributed by atoms with van der Waals surface area (Å²) in [5, 5.41) is 0. The highest BCUT2D eigenvalue weighted by Gasteiger charge is 2.14. The molecular formula is C11H11Br. The van der Waals surface area contributed by atoms with Crippen LogP contribution in [0.1, 0.15) is 23.6 Å². The van der Waals surface area contributed by atoms with Gasteiger partial charge in [-0.2, -0.15) is 0 Å². The van der Waals surface area contributed by atoms with E-state index in [4.69, 9.17) is 0 Å². The van der Waals surface area contributed by atoms with E-state index in [1.54, 1.807) is 0 Å². The average molecular weight is 223 g/mol. The van der Waals surface area contributed by atoms with Crippen LogP contribution in [0, 0.1) is 6.92 Å². The van der Waals surface area contributed by atoms with Crippen LogP contribution < -0.4 is 0 Å². The summed E-state index contributed by atoms with van der Waals surface area (Å²) in [6, 6.07) is 4.40. The first-order valence-corrected chi connectivity index (χ1v) is 4.94. The summed E-state index contributed by atoms with van der Waals surface area (Å²) >= 11 is 3.63. The zero-order valence-electron chi connectivity index (χ0n) is 7.32. The third-order valence-corrected chi connectivity index (χ3v) is 3.47. The van der Waals surface area contributed by atoms with E-state index in [0.717, 1.165) is 6.42 Å². The Morgan fingerprint density at radius 2 is 2.00 bits per heavy atom. The van der Waals surface area contributed by atoms with Crippen molar-refractivity contribution in [1.29, 1.82) is 0 Å². The lowest BCUT2D eigenvalue weighted by Gasteiger charge is -2.07. The third-order valence-electron chi connectivity index (χ3n) is 2.44. The number of halogens is 1. The molecule has 0 nitrogen and oxygen atoms in total. The first kappa shape index (κ1) is 8.06. The van der Waals surface area contributed by atoms with Gasteiger partial charge in [-0.05, 0) is 58.5 Å². The van der Waals surface area contributed by atoms with E-state index >= 15 is 0 Å². The molecule has 2 rings (SSSR count). The van der Waals surface area contributed by atoms with Crippen LogP contribution in [0.15, 0.2) is 22.7 Å². The van der Waals surface area contributed by atoms with Crippen molar-refractivity contribution in [2.75, 3.05) is 0 Å². The molecule has 0 radical (unpaired) electrons. The van der Waals surface area contributed by atoms with Crippen LogP contribution in [0.3, 0.4) is 0 Å². The van der Waals surface area contributed by atoms with E-state index in [0.29, 0.717) is 0 Å². The number of fused-ring (bicyclic) bond motifs is 1. The van der Waals surface area contributed by atoms with Crippen LogP contribution in [-0.2, 0) is 6.42 Å². The highest BCUT2D eigenvalue weighted by molar-refractivity contribution is 9.10. The summed E-state index contributed by atoms with van der Waals surface area (Å²) in [5.74, 6) is 0. The van der Waals surface area contributed by atoms with Gasteiger partial charge in [0.15, 0.2) is 0 Å². The Kier molecular flexibility index (Phi) is 1.84. The summed E-state index contributed by atoms with van der Waals surface area (Å²) in [5.41, 5.74) is 5.59. The molecule has 62 valence electrons. The maximum atomic E-state index is 3.63. The maximum absolute atomic E-state index is 3.63. The normalized spacial score (nSPS) is 14.4. The molecule has 0 spiro atoms. The lowest BCUT2D eigenvalue weighted by molar-refractivity contribution is 1.28. The van der Waals surface area contributed by atoms with E-state index in [2.05, 4.69) is 48.0 Å². The summed E-state index contributed by atoms with van der Waals surface area (Å²) < 4.78 is 1.27. The standard InChI is InChI=1S/C11H11Br/c1-7-3-5-9-6-4-8(2)11(12)10(7)9/h3-4,6H,5H2,1-2H3. The first-order chi connectivity index (χ1) is 5.70. The molecule has 1 aromatic rings. The summed E-state index contributed by atoms with van der Waals surface area (Å²) in [4.78, 5) is 0. The van der Waals surface area contributed by atoms with Crippen molar-refractivity contribution in [2.24, 2.45) is 0 Å². The number of rotatable bonds is 0. The Hall–Kier alpha value is -0.560. The molecule has 0 unspecified atom stereocenters. The largest absolute Gasteiger partial charge is 0.0765 e. The second-order valence-corrected chi connectivity index (χ2v) is 4.11. The van der Waals surface area contributed by atoms with Gasteiger partial charge >= 0.3 is 0 Å². The first-order valence-electron chi connectivity index (χ1n) is 4.15. The van der Waals surface area contributed by atoms with Gasteiger partial charge in [-0.25, -0.2) is 0 Å². The van der Waals surface area contributed by atoms with Crippen LogP contribution in [0.5, 0.6) is 0 Å². The van der Waals surface area contributed by atoms with E-state index in [1.807, 2.05) is 0 Å². The quantitative estimate of drug-likeness (QED) is 0.628. The Labute approximate surface area is 81.4 Å². The fraction of sp³-hybridized carbons (Fsp3) is 0.273. The molecule has 1 heteroatoms. The van der Waals surface area contributed by atoms with Crippen LogP contribution in [0.4, 0.5) is 0 Å². The van der Waals surface area contributed by atoms with E-state index in [1.165, 1.54) is 26.7 Å². The molecular weight excluding hydrogens is 212 g/mol. The van der Waals surface area contributed by atoms with Crippen LogP contribution in [0.25, 0.3) is 5.57 Å². The second-order valence-electron chi connectivity index (χ2n) is 3.32. The highest BCUT2D eigenvalue weighted by Crippen LogP contribution is 2.35. The molecule has 1 aliphatic rings. The molecule has 0 amide bonds. The molecule has 0 aliphatic heterocycles. The number of allylic oxidation sites excluding steroid dienone is 2. The van der Waals surface area contributed by atoms with Gasteiger partial charge in [0.05, 0.1) is 0 Å². The van der Waals surface area contributed by atoms with Gasteiger partial charge in [-0.1, -0.05) is 18.2 Å². The summed E-state index contributed by atoms with van der Waals surface area (Å²) in [7, 11) is 0. The van der Waals surface area contributed by atoms with Crippen molar-refractivity contribution >= 4 is 21.5 Å². The number of benzene rings is 1. The van der Waals surface area contributed by atoms with E-state index in [9.17, 15) is 0 Å². The summed E-state index contributed by atoms with van der Waals surface area (Å²) in [6.45, 7) is 4.31. The molecule has 0 saturated carbocycles. The molecule has 0 fully saturated rings. The zero-order chi connectivity index (χ0) is 8.72. The number of hydrogen-bond acceptors (Lipinski definition) is 0. The molecule has 0 atom stereocenters. The molecule has 0 bridgehead atoms. The monoisotopic (exact) mass is 222 g/mol. The Bertz CT molecular complexity index is 362. The SMILES string of the molecule is CC1=CCc2ccc(C)c(Br)c21. The minimum absolute atomic E-state index is 1.10. The number of hydrogen-bond donors (Lipinski definition) is 0. The summed E-state index contributed by atoms with van der Waals surface area (Å²) in [6.07, 6.45) is 3.38. The van der Waals surface area contributed by atoms with Crippen molar-refractivity contribution in [3.8, 4) is 0 Å². The zero-order valence-corrected chi connectivity index (χ0v) is 8.90. The van der Waals surface area contributed by atoms with Crippen molar-refractivity contribution in [3.05, 3.63) is 39.4 Å². The third kappa shape index (κ3) is 1.04. The Morgan fingerprint density at radius 1 is 1.25 bits per heavy atom. The smallest absolute Gasteiger partial charge is 0.0282 e. The van der Waals surface area contributed by atoms with Gasteiger partial charge in [0, 0.05) is 4.47 Å². The molecule has 1 aromatic carbocycles. The highest BCUT2D eigenvalue weighted by atomic mass is 79.9. The fourth-order valence-corrected chi connectivity index (χ4v) is 2.38. The lowest BCUT2D eigenvalue weighted by Crippen LogP contribution is -1.87. The average Bonchev–Trinajstić information content (AvgIpc) is 2.41. The predicted octanol–water partition coefficient (Wildman–Crippen LogP) is 3.72. The molecule has 12 heavy (non-hydrogen) atoms. The Morgan fingerprint density at radius 3 is 2.75 bits per heavy atom. The second kappa shape index (κ2) is 2.74. The van der Waals surface area contributed by atoms with Crippen LogP contribution in [0.2, 0.25) is 0 Å². The van der Waals surface area contributed by atoms with Gasteiger partial charge in [0.1, 0.15) is 0 Å². The van der Waals surface area contributed by atoms with Crippen LogP contribution in [-0.4, -0.2) is 0 Å². The molecule has 0 heterocycles.